The van der Waals surface area contributed by atoms with E-state index >= 15 is 0 Å². The molecule has 2 aliphatic carbocycles. The molecule has 3 aliphatic rings. The van der Waals surface area contributed by atoms with Gasteiger partial charge in [-0.05, 0) is 119 Å². The molecule has 0 amide bonds. The van der Waals surface area contributed by atoms with Crippen LogP contribution in [0, 0.1) is 11.6 Å². The number of pyridine rings is 2. The molecule has 9 rings (SSSR count). The van der Waals surface area contributed by atoms with Crippen LogP contribution in [0.25, 0.3) is 23.0 Å². The molecule has 0 bridgehead atoms. The maximum Gasteiger partial charge on any atom is 0.180 e. The third-order valence-corrected chi connectivity index (χ3v) is 13.2. The van der Waals surface area contributed by atoms with Gasteiger partial charge < -0.3 is 33.9 Å². The van der Waals surface area contributed by atoms with Gasteiger partial charge in [0.05, 0.1) is 25.3 Å². The van der Waals surface area contributed by atoms with Crippen molar-refractivity contribution in [1.29, 1.82) is 0 Å². The summed E-state index contributed by atoms with van der Waals surface area (Å²) in [4.78, 5) is 58.0. The molecule has 0 spiro atoms. The van der Waals surface area contributed by atoms with E-state index in [4.69, 9.17) is 44.0 Å². The van der Waals surface area contributed by atoms with Crippen LogP contribution in [0.1, 0.15) is 79.6 Å². The zero-order valence-corrected chi connectivity index (χ0v) is 41.4. The maximum atomic E-state index is 13.6. The maximum absolute atomic E-state index is 13.6. The van der Waals surface area contributed by atoms with Gasteiger partial charge in [-0.3, -0.25) is 19.6 Å². The number of anilines is 2. The van der Waals surface area contributed by atoms with Crippen molar-refractivity contribution >= 4 is 23.2 Å². The number of nitrogens with zero attached hydrogens (tertiary/aromatic N) is 8. The minimum Gasteiger partial charge on any atom is -0.491 e. The number of halogens is 2. The zero-order chi connectivity index (χ0) is 50.6. The fourth-order valence-electron chi connectivity index (χ4n) is 9.02. The van der Waals surface area contributed by atoms with Crippen molar-refractivity contribution in [2.24, 2.45) is 0 Å². The lowest BCUT2D eigenvalue weighted by Crippen LogP contribution is -2.38. The summed E-state index contributed by atoms with van der Waals surface area (Å²) in [5.41, 5.74) is 6.56. The number of hydrogen-bond acceptors (Lipinski definition) is 15. The first-order valence-electron chi connectivity index (χ1n) is 24.8. The molecule has 378 valence electrons. The van der Waals surface area contributed by atoms with Crippen LogP contribution in [0.5, 0.6) is 11.5 Å². The van der Waals surface area contributed by atoms with Gasteiger partial charge in [0, 0.05) is 80.6 Å². The average Bonchev–Trinajstić information content (AvgIpc) is 4.09. The Labute approximate surface area is 419 Å². The Morgan fingerprint density at radius 2 is 1.18 bits per heavy atom. The number of ether oxygens (including phenoxy) is 4. The lowest BCUT2D eigenvalue weighted by molar-refractivity contribution is -0.165. The number of benzene rings is 2. The Morgan fingerprint density at radius 3 is 1.65 bits per heavy atom. The Balaban J connectivity index is 0.000000195. The Bertz CT molecular complexity index is 2830. The summed E-state index contributed by atoms with van der Waals surface area (Å²) in [7, 11) is 3.73. The number of likely N-dealkylation sites (N-methyl/N-ethyl adjacent to an activating group) is 2. The summed E-state index contributed by atoms with van der Waals surface area (Å²) >= 11 is 0. The number of Topliss-reactive ketones (excluding diaryl/α,β-unsaturated/α-hetero) is 2. The highest BCUT2D eigenvalue weighted by molar-refractivity contribution is 5.89. The number of aliphatic hydroxyl groups is 1. The van der Waals surface area contributed by atoms with Crippen LogP contribution in [-0.4, -0.2) is 112 Å². The van der Waals surface area contributed by atoms with Crippen molar-refractivity contribution in [1.82, 2.24) is 29.9 Å². The summed E-state index contributed by atoms with van der Waals surface area (Å²) in [6, 6.07) is 18.5. The molecule has 1 saturated heterocycles. The molecule has 72 heavy (non-hydrogen) atoms. The molecule has 2 aromatic carbocycles. The van der Waals surface area contributed by atoms with E-state index in [0.717, 1.165) is 98.5 Å². The number of carbonyl (C=O) groups is 2. The van der Waals surface area contributed by atoms with Crippen molar-refractivity contribution in [2.75, 3.05) is 56.9 Å². The van der Waals surface area contributed by atoms with E-state index in [2.05, 4.69) is 9.97 Å². The lowest BCUT2D eigenvalue weighted by atomic mass is 10.0. The van der Waals surface area contributed by atoms with Gasteiger partial charge in [-0.25, -0.2) is 28.7 Å². The highest BCUT2D eigenvalue weighted by Gasteiger charge is 2.29. The van der Waals surface area contributed by atoms with Crippen LogP contribution < -0.4 is 19.3 Å². The largest absolute Gasteiger partial charge is 0.491 e. The van der Waals surface area contributed by atoms with E-state index in [-0.39, 0.29) is 55.5 Å². The Morgan fingerprint density at radius 1 is 0.667 bits per heavy atom. The second-order valence-corrected chi connectivity index (χ2v) is 18.3. The van der Waals surface area contributed by atoms with Crippen molar-refractivity contribution in [2.45, 2.75) is 103 Å². The lowest BCUT2D eigenvalue weighted by Gasteiger charge is -2.27. The first-order chi connectivity index (χ1) is 34.9. The molecule has 1 N–H and O–H groups in total. The molecule has 0 radical (unpaired) electrons. The highest BCUT2D eigenvalue weighted by atomic mass is 19.1. The third kappa shape index (κ3) is 13.2. The highest BCUT2D eigenvalue weighted by Crippen LogP contribution is 2.34. The number of hydrogen-bond donors (Lipinski definition) is 1. The van der Waals surface area contributed by atoms with Gasteiger partial charge in [0.25, 0.3) is 0 Å². The molecule has 5 heterocycles. The smallest absolute Gasteiger partial charge is 0.180 e. The molecule has 15 nitrogen and oxygen atoms in total. The Kier molecular flexibility index (Phi) is 17.6. The molecule has 4 aromatic heterocycles. The molecule has 1 aliphatic heterocycles. The van der Waals surface area contributed by atoms with Gasteiger partial charge in [-0.2, -0.15) is 0 Å². The molecule has 1 unspecified atom stereocenters. The Hall–Kier alpha value is -6.82. The quantitative estimate of drug-likeness (QED) is 0.0731. The van der Waals surface area contributed by atoms with Crippen molar-refractivity contribution in [3.05, 3.63) is 130 Å². The third-order valence-electron chi connectivity index (χ3n) is 13.2. The van der Waals surface area contributed by atoms with Crippen molar-refractivity contribution in [3.8, 4) is 34.5 Å². The van der Waals surface area contributed by atoms with Gasteiger partial charge in [-0.15, -0.1) is 0 Å². The second-order valence-electron chi connectivity index (χ2n) is 18.3. The fourth-order valence-corrected chi connectivity index (χ4v) is 9.02. The van der Waals surface area contributed by atoms with Crippen LogP contribution in [-0.2, 0) is 57.6 Å². The van der Waals surface area contributed by atoms with E-state index in [9.17, 15) is 18.4 Å². The topological polar surface area (TPSA) is 175 Å². The van der Waals surface area contributed by atoms with E-state index in [0.29, 0.717) is 58.9 Å². The fraction of sp³-hybridized carbons (Fsp3) is 0.418. The molecular formula is C55H62F2N8O7. The van der Waals surface area contributed by atoms with Crippen LogP contribution in [0.4, 0.5) is 20.4 Å². The summed E-state index contributed by atoms with van der Waals surface area (Å²) in [6.45, 7) is 5.39. The minimum atomic E-state index is -0.451. The van der Waals surface area contributed by atoms with Crippen molar-refractivity contribution in [3.63, 3.8) is 0 Å². The molecule has 1 fully saturated rings. The minimum absolute atomic E-state index is 0.00984. The molecule has 0 saturated carbocycles. The summed E-state index contributed by atoms with van der Waals surface area (Å²) in [5, 5.41) is 9.00. The first-order valence-corrected chi connectivity index (χ1v) is 24.8. The normalized spacial score (nSPS) is 15.6. The van der Waals surface area contributed by atoms with E-state index in [1.807, 2.05) is 43.8 Å². The monoisotopic (exact) mass is 984 g/mol. The number of aryl methyl sites for hydroxylation is 2. The zero-order valence-electron chi connectivity index (χ0n) is 41.4. The number of carbonyl (C=O) groups excluding carboxylic acids is 2. The summed E-state index contributed by atoms with van der Waals surface area (Å²) < 4.78 is 49.9. The molecular weight excluding hydrogens is 923 g/mol. The first kappa shape index (κ1) is 51.5. The van der Waals surface area contributed by atoms with Crippen molar-refractivity contribution < 1.29 is 42.4 Å². The predicted molar refractivity (Wildman–Crippen MR) is 268 cm³/mol. The summed E-state index contributed by atoms with van der Waals surface area (Å²) in [6.07, 6.45) is 12.0. The number of aliphatic hydroxyl groups excluding tert-OH is 1. The number of fused-ring (bicyclic) bond motifs is 2. The van der Waals surface area contributed by atoms with Gasteiger partial charge in [0.15, 0.2) is 29.5 Å². The van der Waals surface area contributed by atoms with E-state index < -0.39 is 12.1 Å². The standard InChI is InChI=1S/C30H35FN4O4.C25H27FN4O3/c1-20(27(36)18-21-7-5-8-22(31)17-21)35(2)30-24-9-6-10-25(24)33-29(34-30)26-19-23(12-13-32-26)37-15-16-39-28-11-3-4-14-38-28;1-16(23(32)14-17-5-3-6-18(26)13-17)30(2)25-20-7-4-8-21(20)28-24(29-25)22-15-19(9-10-27-22)33-12-11-31/h5,7-8,12-13,17,19-20,28H,3-4,6,9-11,14-16,18H2,1-2H3;3,5-6,9-10,13,15-16,31H,4,7-8,11-12,14H2,1-2H3/t20-,28?;16-/m11/s1. The number of aromatic nitrogens is 6. The molecule has 6 aromatic rings. The van der Waals surface area contributed by atoms with Gasteiger partial charge in [0.2, 0.25) is 0 Å². The van der Waals surface area contributed by atoms with Crippen LogP contribution in [0.15, 0.2) is 85.2 Å². The molecule has 17 heteroatoms. The number of ketones is 2. The van der Waals surface area contributed by atoms with Gasteiger partial charge >= 0.3 is 0 Å². The van der Waals surface area contributed by atoms with Crippen LogP contribution in [0.3, 0.4) is 0 Å². The summed E-state index contributed by atoms with van der Waals surface area (Å²) in [5.74, 6) is 2.93. The van der Waals surface area contributed by atoms with Crippen LogP contribution >= 0.6 is 0 Å². The van der Waals surface area contributed by atoms with Gasteiger partial charge in [-0.1, -0.05) is 24.3 Å². The van der Waals surface area contributed by atoms with E-state index in [1.54, 1.807) is 54.9 Å². The second kappa shape index (κ2) is 24.5. The number of rotatable bonds is 20. The van der Waals surface area contributed by atoms with E-state index in [1.165, 1.54) is 24.3 Å². The SMILES string of the molecule is C[C@H](C(=O)Cc1cccc(F)c1)N(C)c1nc(-c2cc(OCCO)ccn2)nc2c1CCC2.C[C@H](C(=O)Cc1cccc(F)c1)N(C)c1nc(-c2cc(OCCOC3CCCCO3)ccn2)nc2c1CCC2. The predicted octanol–water partition coefficient (Wildman–Crippen LogP) is 7.90. The van der Waals surface area contributed by atoms with Crippen LogP contribution in [0.2, 0.25) is 0 Å². The average molecular weight is 985 g/mol. The van der Waals surface area contributed by atoms with Gasteiger partial charge in [0.1, 0.15) is 59.4 Å². The molecule has 3 atom stereocenters.